The fourth-order valence-electron chi connectivity index (χ4n) is 2.67. The Morgan fingerprint density at radius 3 is 2.59 bits per heavy atom. The second-order valence-electron chi connectivity index (χ2n) is 6.23. The molecule has 140 valence electrons. The maximum absolute atomic E-state index is 12.5. The highest BCUT2D eigenvalue weighted by atomic mass is 32.2. The van der Waals surface area contributed by atoms with Gasteiger partial charge in [0.25, 0.3) is 0 Å². The van der Waals surface area contributed by atoms with Gasteiger partial charge >= 0.3 is 0 Å². The number of Topliss-reactive ketones (excluding diaryl/α,β-unsaturated/α-hetero) is 1. The van der Waals surface area contributed by atoms with Crippen LogP contribution in [0.3, 0.4) is 0 Å². The van der Waals surface area contributed by atoms with E-state index in [0.717, 1.165) is 21.7 Å². The van der Waals surface area contributed by atoms with E-state index >= 15 is 0 Å². The SMILES string of the molecule is CCCC(=O)Nc1ccc(C(=O)CSc2ncnc3sc(C)c(C)c23)cc1. The zero-order valence-corrected chi connectivity index (χ0v) is 17.2. The zero-order chi connectivity index (χ0) is 19.4. The number of carbonyl (C=O) groups excluding carboxylic acids is 2. The van der Waals surface area contributed by atoms with E-state index in [2.05, 4.69) is 29.1 Å². The van der Waals surface area contributed by atoms with Gasteiger partial charge in [0.15, 0.2) is 5.78 Å². The first-order chi connectivity index (χ1) is 13.0. The summed E-state index contributed by atoms with van der Waals surface area (Å²) < 4.78 is 0. The molecule has 3 aromatic rings. The van der Waals surface area contributed by atoms with E-state index in [4.69, 9.17) is 0 Å². The van der Waals surface area contributed by atoms with Gasteiger partial charge in [-0.05, 0) is 50.1 Å². The number of hydrogen-bond donors (Lipinski definition) is 1. The van der Waals surface area contributed by atoms with Crippen molar-refractivity contribution in [1.82, 2.24) is 9.97 Å². The Balaban J connectivity index is 1.67. The van der Waals surface area contributed by atoms with E-state index < -0.39 is 0 Å². The van der Waals surface area contributed by atoms with Crippen LogP contribution in [0.1, 0.15) is 40.6 Å². The Kier molecular flexibility index (Phi) is 6.23. The van der Waals surface area contributed by atoms with E-state index in [-0.39, 0.29) is 11.7 Å². The van der Waals surface area contributed by atoms with E-state index in [9.17, 15) is 9.59 Å². The first-order valence-corrected chi connectivity index (χ1v) is 10.6. The Morgan fingerprint density at radius 1 is 1.15 bits per heavy atom. The summed E-state index contributed by atoms with van der Waals surface area (Å²) in [6.45, 7) is 6.10. The van der Waals surface area contributed by atoms with Crippen molar-refractivity contribution in [3.8, 4) is 0 Å². The van der Waals surface area contributed by atoms with E-state index in [1.165, 1.54) is 22.2 Å². The summed E-state index contributed by atoms with van der Waals surface area (Å²) in [7, 11) is 0. The van der Waals surface area contributed by atoms with Crippen molar-refractivity contribution in [2.45, 2.75) is 38.6 Å². The maximum atomic E-state index is 12.5. The van der Waals surface area contributed by atoms with Crippen molar-refractivity contribution in [2.24, 2.45) is 0 Å². The monoisotopic (exact) mass is 399 g/mol. The third kappa shape index (κ3) is 4.54. The van der Waals surface area contributed by atoms with Crippen LogP contribution in [-0.2, 0) is 4.79 Å². The zero-order valence-electron chi connectivity index (χ0n) is 15.5. The van der Waals surface area contributed by atoms with Crippen molar-refractivity contribution in [3.63, 3.8) is 0 Å². The molecular formula is C20H21N3O2S2. The van der Waals surface area contributed by atoms with Crippen molar-refractivity contribution in [3.05, 3.63) is 46.6 Å². The predicted octanol–water partition coefficient (Wildman–Crippen LogP) is 5.02. The molecule has 0 saturated heterocycles. The highest BCUT2D eigenvalue weighted by molar-refractivity contribution is 8.00. The molecule has 27 heavy (non-hydrogen) atoms. The van der Waals surface area contributed by atoms with Gasteiger partial charge in [0.05, 0.1) is 5.75 Å². The number of thioether (sulfide) groups is 1. The van der Waals surface area contributed by atoms with Crippen LogP contribution in [0.15, 0.2) is 35.6 Å². The summed E-state index contributed by atoms with van der Waals surface area (Å²) in [5.74, 6) is 0.325. The molecule has 1 N–H and O–H groups in total. The average Bonchev–Trinajstić information content (AvgIpc) is 2.95. The fourth-order valence-corrected chi connectivity index (χ4v) is 4.68. The average molecular weight is 400 g/mol. The standard InChI is InChI=1S/C20H21N3O2S2/c1-4-5-17(25)23-15-8-6-14(7-9-15)16(24)10-26-19-18-12(2)13(3)27-20(18)22-11-21-19/h6-9,11H,4-5,10H2,1-3H3,(H,23,25). The first-order valence-electron chi connectivity index (χ1n) is 8.76. The number of carbonyl (C=O) groups is 2. The van der Waals surface area contributed by atoms with Gasteiger partial charge in [-0.2, -0.15) is 0 Å². The fraction of sp³-hybridized carbons (Fsp3) is 0.300. The number of fused-ring (bicyclic) bond motifs is 1. The molecular weight excluding hydrogens is 378 g/mol. The molecule has 5 nitrogen and oxygen atoms in total. The minimum atomic E-state index is -0.0127. The Morgan fingerprint density at radius 2 is 1.89 bits per heavy atom. The van der Waals surface area contributed by atoms with Crippen LogP contribution in [-0.4, -0.2) is 27.4 Å². The molecule has 0 bridgehead atoms. The van der Waals surface area contributed by atoms with Gasteiger partial charge < -0.3 is 5.32 Å². The highest BCUT2D eigenvalue weighted by Crippen LogP contribution is 2.34. The number of anilines is 1. The number of ketones is 1. The number of nitrogens with one attached hydrogen (secondary N) is 1. The van der Waals surface area contributed by atoms with Gasteiger partial charge in [0.1, 0.15) is 16.2 Å². The van der Waals surface area contributed by atoms with Crippen LogP contribution in [0.5, 0.6) is 0 Å². The highest BCUT2D eigenvalue weighted by Gasteiger charge is 2.14. The molecule has 0 fully saturated rings. The summed E-state index contributed by atoms with van der Waals surface area (Å²) in [5.41, 5.74) is 2.51. The molecule has 2 heterocycles. The largest absolute Gasteiger partial charge is 0.326 e. The van der Waals surface area contributed by atoms with Gasteiger partial charge in [-0.25, -0.2) is 9.97 Å². The van der Waals surface area contributed by atoms with Gasteiger partial charge in [-0.1, -0.05) is 18.7 Å². The van der Waals surface area contributed by atoms with Crippen LogP contribution in [0.25, 0.3) is 10.2 Å². The molecule has 7 heteroatoms. The quantitative estimate of drug-likeness (QED) is 0.343. The number of aryl methyl sites for hydroxylation is 2. The molecule has 1 amide bonds. The summed E-state index contributed by atoms with van der Waals surface area (Å²) in [6.07, 6.45) is 2.85. The van der Waals surface area contributed by atoms with Crippen LogP contribution >= 0.6 is 23.1 Å². The van der Waals surface area contributed by atoms with Crippen LogP contribution in [0.2, 0.25) is 0 Å². The minimum Gasteiger partial charge on any atom is -0.326 e. The summed E-state index contributed by atoms with van der Waals surface area (Å²) >= 11 is 3.09. The number of aromatic nitrogens is 2. The number of nitrogens with zero attached hydrogens (tertiary/aromatic N) is 2. The minimum absolute atomic E-state index is 0.0127. The second-order valence-corrected chi connectivity index (χ2v) is 8.40. The molecule has 0 aliphatic carbocycles. The number of amides is 1. The predicted molar refractivity (Wildman–Crippen MR) is 112 cm³/mol. The molecule has 1 aromatic carbocycles. The summed E-state index contributed by atoms with van der Waals surface area (Å²) in [4.78, 5) is 35.0. The van der Waals surface area contributed by atoms with Gasteiger partial charge in [-0.3, -0.25) is 9.59 Å². The van der Waals surface area contributed by atoms with Gasteiger partial charge in [-0.15, -0.1) is 11.3 Å². The van der Waals surface area contributed by atoms with Crippen molar-refractivity contribution < 1.29 is 9.59 Å². The molecule has 0 saturated carbocycles. The molecule has 3 rings (SSSR count). The third-order valence-corrected chi connectivity index (χ3v) is 6.34. The van der Waals surface area contributed by atoms with E-state index in [1.807, 2.05) is 6.92 Å². The van der Waals surface area contributed by atoms with Crippen molar-refractivity contribution in [2.75, 3.05) is 11.1 Å². The smallest absolute Gasteiger partial charge is 0.224 e. The van der Waals surface area contributed by atoms with Gasteiger partial charge in [0, 0.05) is 27.9 Å². The van der Waals surface area contributed by atoms with Crippen LogP contribution < -0.4 is 5.32 Å². The van der Waals surface area contributed by atoms with Crippen molar-refractivity contribution >= 4 is 50.7 Å². The molecule has 0 spiro atoms. The number of rotatable bonds is 7. The number of benzene rings is 1. The molecule has 0 radical (unpaired) electrons. The molecule has 0 atom stereocenters. The molecule has 0 unspecified atom stereocenters. The molecule has 0 aliphatic rings. The number of hydrogen-bond acceptors (Lipinski definition) is 6. The second kappa shape index (κ2) is 8.63. The van der Waals surface area contributed by atoms with Crippen LogP contribution in [0.4, 0.5) is 5.69 Å². The molecule has 2 aromatic heterocycles. The van der Waals surface area contributed by atoms with Crippen LogP contribution in [0, 0.1) is 13.8 Å². The lowest BCUT2D eigenvalue weighted by atomic mass is 10.1. The first kappa shape index (κ1) is 19.5. The van der Waals surface area contributed by atoms with E-state index in [0.29, 0.717) is 23.4 Å². The molecule has 0 aliphatic heterocycles. The third-order valence-electron chi connectivity index (χ3n) is 4.24. The van der Waals surface area contributed by atoms with Gasteiger partial charge in [0.2, 0.25) is 5.91 Å². The Bertz CT molecular complexity index is 981. The summed E-state index contributed by atoms with van der Waals surface area (Å²) in [5, 5.41) is 4.72. The van der Waals surface area contributed by atoms with Crippen molar-refractivity contribution in [1.29, 1.82) is 0 Å². The number of thiophene rings is 1. The lowest BCUT2D eigenvalue weighted by molar-refractivity contribution is -0.116. The lowest BCUT2D eigenvalue weighted by Gasteiger charge is -2.06. The summed E-state index contributed by atoms with van der Waals surface area (Å²) in [6, 6.07) is 7.03. The maximum Gasteiger partial charge on any atom is 0.224 e. The lowest BCUT2D eigenvalue weighted by Crippen LogP contribution is -2.10. The Labute approximate surface area is 166 Å². The normalized spacial score (nSPS) is 10.9. The Hall–Kier alpha value is -2.25. The van der Waals surface area contributed by atoms with E-state index in [1.54, 1.807) is 41.9 Å². The topological polar surface area (TPSA) is 72.0 Å².